The highest BCUT2D eigenvalue weighted by atomic mass is 79.9. The van der Waals surface area contributed by atoms with Crippen molar-refractivity contribution in [2.24, 2.45) is 0 Å². The van der Waals surface area contributed by atoms with Gasteiger partial charge in [-0.1, -0.05) is 0 Å². The summed E-state index contributed by atoms with van der Waals surface area (Å²) in [5.41, 5.74) is 0. The van der Waals surface area contributed by atoms with Crippen molar-refractivity contribution in [3.05, 3.63) is 20.3 Å². The van der Waals surface area contributed by atoms with E-state index >= 15 is 0 Å². The minimum atomic E-state index is 0.0457. The van der Waals surface area contributed by atoms with Gasteiger partial charge in [0.1, 0.15) is 0 Å². The molecule has 4 heteroatoms. The second-order valence-electron chi connectivity index (χ2n) is 3.55. The van der Waals surface area contributed by atoms with Crippen LogP contribution < -0.4 is 5.32 Å². The molecule has 1 N–H and O–H groups in total. The van der Waals surface area contributed by atoms with Gasteiger partial charge in [-0.3, -0.25) is 4.79 Å². The Bertz CT molecular complexity index is 355. The van der Waals surface area contributed by atoms with E-state index in [1.54, 1.807) is 11.3 Å². The van der Waals surface area contributed by atoms with E-state index in [1.165, 1.54) is 4.88 Å². The van der Waals surface area contributed by atoms with Crippen molar-refractivity contribution >= 4 is 33.0 Å². The van der Waals surface area contributed by atoms with Crippen molar-refractivity contribution in [3.8, 4) is 0 Å². The third-order valence-corrected chi connectivity index (χ3v) is 4.36. The van der Waals surface area contributed by atoms with E-state index in [4.69, 9.17) is 0 Å². The van der Waals surface area contributed by atoms with Crippen molar-refractivity contribution in [1.29, 1.82) is 0 Å². The molecule has 1 fully saturated rings. The Hall–Kier alpha value is -0.190. The summed E-state index contributed by atoms with van der Waals surface area (Å²) in [7, 11) is 0. The number of halogens is 1. The molecule has 1 saturated heterocycles. The summed E-state index contributed by atoms with van der Waals surface area (Å²) in [4.78, 5) is 14.0. The Morgan fingerprint density at radius 1 is 1.71 bits per heavy atom. The zero-order valence-corrected chi connectivity index (χ0v) is 10.4. The number of ketones is 1. The Labute approximate surface area is 95.8 Å². The van der Waals surface area contributed by atoms with Crippen LogP contribution in [0.4, 0.5) is 0 Å². The first-order valence-electron chi connectivity index (χ1n) is 4.72. The van der Waals surface area contributed by atoms with Crippen molar-refractivity contribution in [1.82, 2.24) is 5.32 Å². The molecule has 0 aromatic carbocycles. The fourth-order valence-electron chi connectivity index (χ4n) is 1.72. The topological polar surface area (TPSA) is 29.1 Å². The highest BCUT2D eigenvalue weighted by Crippen LogP contribution is 2.29. The molecule has 2 heterocycles. The minimum absolute atomic E-state index is 0.0457. The van der Waals surface area contributed by atoms with Crippen LogP contribution >= 0.6 is 27.3 Å². The normalized spacial score (nSPS) is 21.4. The van der Waals surface area contributed by atoms with Crippen molar-refractivity contribution in [2.45, 2.75) is 25.8 Å². The van der Waals surface area contributed by atoms with Gasteiger partial charge >= 0.3 is 0 Å². The first-order chi connectivity index (χ1) is 6.68. The fraction of sp³-hybridized carbons (Fsp3) is 0.500. The summed E-state index contributed by atoms with van der Waals surface area (Å²) in [6, 6.07) is 2.05. The molecule has 76 valence electrons. The number of hydrogen-bond acceptors (Lipinski definition) is 3. The first-order valence-corrected chi connectivity index (χ1v) is 6.33. The van der Waals surface area contributed by atoms with E-state index in [-0.39, 0.29) is 11.8 Å². The maximum Gasteiger partial charge on any atom is 0.190 e. The number of aryl methyl sites for hydroxylation is 1. The molecule has 1 aromatic heterocycles. The molecule has 0 radical (unpaired) electrons. The third kappa shape index (κ3) is 1.92. The Balaban J connectivity index is 2.21. The Morgan fingerprint density at radius 3 is 3.00 bits per heavy atom. The van der Waals surface area contributed by atoms with Gasteiger partial charge in [-0.2, -0.15) is 0 Å². The van der Waals surface area contributed by atoms with Gasteiger partial charge in [-0.05, 0) is 48.3 Å². The van der Waals surface area contributed by atoms with Gasteiger partial charge < -0.3 is 5.32 Å². The van der Waals surface area contributed by atoms with Crippen LogP contribution in [0.15, 0.2) is 10.5 Å². The molecule has 14 heavy (non-hydrogen) atoms. The maximum absolute atomic E-state index is 12.0. The van der Waals surface area contributed by atoms with Gasteiger partial charge in [-0.25, -0.2) is 0 Å². The number of carbonyl (C=O) groups excluding carboxylic acids is 1. The zero-order valence-electron chi connectivity index (χ0n) is 7.97. The minimum Gasteiger partial charge on any atom is -0.307 e. The van der Waals surface area contributed by atoms with Crippen LogP contribution in [0.1, 0.15) is 27.4 Å². The van der Waals surface area contributed by atoms with Gasteiger partial charge in [0.15, 0.2) is 5.78 Å². The Kier molecular flexibility index (Phi) is 3.04. The van der Waals surface area contributed by atoms with Crippen LogP contribution in [-0.2, 0) is 0 Å². The number of nitrogens with one attached hydrogen (secondary N) is 1. The molecular weight excluding hydrogens is 262 g/mol. The molecule has 0 amide bonds. The highest BCUT2D eigenvalue weighted by Gasteiger charge is 2.25. The molecule has 1 aliphatic heterocycles. The predicted molar refractivity (Wildman–Crippen MR) is 62.1 cm³/mol. The highest BCUT2D eigenvalue weighted by molar-refractivity contribution is 9.10. The standard InChI is InChI=1S/C10H12BrNOS/c1-6-5-7(11)10(14-6)9(13)8-3-2-4-12-8/h5,8,12H,2-4H2,1H3. The van der Waals surface area contributed by atoms with E-state index in [2.05, 4.69) is 21.2 Å². The van der Waals surface area contributed by atoms with E-state index in [0.717, 1.165) is 28.7 Å². The van der Waals surface area contributed by atoms with Crippen molar-refractivity contribution < 1.29 is 4.79 Å². The van der Waals surface area contributed by atoms with Gasteiger partial charge in [-0.15, -0.1) is 11.3 Å². The molecule has 2 rings (SSSR count). The lowest BCUT2D eigenvalue weighted by Gasteiger charge is -2.06. The van der Waals surface area contributed by atoms with E-state index in [1.807, 2.05) is 13.0 Å². The van der Waals surface area contributed by atoms with Gasteiger partial charge in [0.25, 0.3) is 0 Å². The fourth-order valence-corrected chi connectivity index (χ4v) is 3.55. The zero-order chi connectivity index (χ0) is 10.1. The molecule has 1 aliphatic rings. The predicted octanol–water partition coefficient (Wildman–Crippen LogP) is 2.75. The van der Waals surface area contributed by atoms with Crippen LogP contribution in [-0.4, -0.2) is 18.4 Å². The van der Waals surface area contributed by atoms with E-state index in [0.29, 0.717) is 0 Å². The van der Waals surface area contributed by atoms with E-state index < -0.39 is 0 Å². The Morgan fingerprint density at radius 2 is 2.50 bits per heavy atom. The first kappa shape index (κ1) is 10.3. The summed E-state index contributed by atoms with van der Waals surface area (Å²) in [5, 5.41) is 3.23. The number of Topliss-reactive ketones (excluding diaryl/α,β-unsaturated/α-hetero) is 1. The monoisotopic (exact) mass is 273 g/mol. The second kappa shape index (κ2) is 4.13. The van der Waals surface area contributed by atoms with Crippen LogP contribution in [0, 0.1) is 6.92 Å². The van der Waals surface area contributed by atoms with Gasteiger partial charge in [0.2, 0.25) is 0 Å². The largest absolute Gasteiger partial charge is 0.307 e. The average molecular weight is 274 g/mol. The lowest BCUT2D eigenvalue weighted by molar-refractivity contribution is 0.0955. The molecule has 0 bridgehead atoms. The second-order valence-corrected chi connectivity index (χ2v) is 5.66. The lowest BCUT2D eigenvalue weighted by Crippen LogP contribution is -2.30. The maximum atomic E-state index is 12.0. The third-order valence-electron chi connectivity index (χ3n) is 2.41. The van der Waals surface area contributed by atoms with Crippen LogP contribution in [0.2, 0.25) is 0 Å². The van der Waals surface area contributed by atoms with E-state index in [9.17, 15) is 4.79 Å². The summed E-state index contributed by atoms with van der Waals surface area (Å²) in [5.74, 6) is 0.243. The summed E-state index contributed by atoms with van der Waals surface area (Å²) in [6.07, 6.45) is 2.08. The van der Waals surface area contributed by atoms with Crippen LogP contribution in [0.25, 0.3) is 0 Å². The van der Waals surface area contributed by atoms with Crippen LogP contribution in [0.5, 0.6) is 0 Å². The molecule has 0 saturated carbocycles. The smallest absolute Gasteiger partial charge is 0.190 e. The van der Waals surface area contributed by atoms with Crippen molar-refractivity contribution in [3.63, 3.8) is 0 Å². The lowest BCUT2D eigenvalue weighted by atomic mass is 10.1. The summed E-state index contributed by atoms with van der Waals surface area (Å²) < 4.78 is 0.943. The van der Waals surface area contributed by atoms with Gasteiger partial charge in [0.05, 0.1) is 10.9 Å². The van der Waals surface area contributed by atoms with Crippen molar-refractivity contribution in [2.75, 3.05) is 6.54 Å². The summed E-state index contributed by atoms with van der Waals surface area (Å²) in [6.45, 7) is 2.99. The quantitative estimate of drug-likeness (QED) is 0.840. The molecule has 2 nitrogen and oxygen atoms in total. The molecular formula is C10H12BrNOS. The number of carbonyl (C=O) groups is 1. The molecule has 1 aromatic rings. The SMILES string of the molecule is Cc1cc(Br)c(C(=O)C2CCCN2)s1. The molecule has 0 spiro atoms. The van der Waals surface area contributed by atoms with Gasteiger partial charge in [0, 0.05) is 9.35 Å². The molecule has 1 unspecified atom stereocenters. The molecule has 1 atom stereocenters. The summed E-state index contributed by atoms with van der Waals surface area (Å²) >= 11 is 5.00. The average Bonchev–Trinajstić information content (AvgIpc) is 2.73. The number of thiophene rings is 1. The molecule has 0 aliphatic carbocycles. The number of rotatable bonds is 2. The number of hydrogen-bond donors (Lipinski definition) is 1. The van der Waals surface area contributed by atoms with Crippen LogP contribution in [0.3, 0.4) is 0 Å².